The summed E-state index contributed by atoms with van der Waals surface area (Å²) in [5, 5.41) is 15.5. The number of nitrogens with zero attached hydrogens (tertiary/aromatic N) is 3. The molecule has 3 amide bonds. The minimum atomic E-state index is -1.70. The fourth-order valence-electron chi connectivity index (χ4n) is 12.5. The molecule has 1 spiro atoms. The van der Waals surface area contributed by atoms with Gasteiger partial charge in [0.05, 0.1) is 58.3 Å². The Morgan fingerprint density at radius 2 is 1.44 bits per heavy atom. The van der Waals surface area contributed by atoms with Crippen LogP contribution < -0.4 is 20.1 Å². The summed E-state index contributed by atoms with van der Waals surface area (Å²) in [5.74, 6) is -4.51. The second-order valence-electron chi connectivity index (χ2n) is 21.5. The molecule has 3 N–H and O–H groups in total. The molecular formula is C61H66N5O12+. The van der Waals surface area contributed by atoms with Gasteiger partial charge in [-0.15, -0.1) is 0 Å². The first kappa shape index (κ1) is 53.5. The molecular weight excluding hydrogens is 995 g/mol. The summed E-state index contributed by atoms with van der Waals surface area (Å²) < 4.78 is 30.9. The fourth-order valence-corrected chi connectivity index (χ4v) is 12.5. The van der Waals surface area contributed by atoms with E-state index in [0.29, 0.717) is 40.3 Å². The predicted octanol–water partition coefficient (Wildman–Crippen LogP) is 6.31. The Morgan fingerprint density at radius 1 is 0.744 bits per heavy atom. The van der Waals surface area contributed by atoms with E-state index in [0.717, 1.165) is 35.0 Å². The van der Waals surface area contributed by atoms with Crippen molar-refractivity contribution < 1.29 is 62.0 Å². The maximum Gasteiger partial charge on any atom is 0.325 e. The minimum Gasteiger partial charge on any atom is -0.491 e. The van der Waals surface area contributed by atoms with Gasteiger partial charge in [-0.05, 0) is 83.8 Å². The van der Waals surface area contributed by atoms with Crippen molar-refractivity contribution in [3.05, 3.63) is 174 Å². The highest BCUT2D eigenvalue weighted by Gasteiger charge is 2.74. The van der Waals surface area contributed by atoms with Crippen molar-refractivity contribution in [3.8, 4) is 11.5 Å². The quantitative estimate of drug-likeness (QED) is 0.0258. The SMILES string of the molecule is C=CCOC(=O)[C@@H]1[C@H]2C(=O)O[C@H](c3ccccc3)[C@H](c3ccccc3)N2[C@H](c2ccc(OCCOC(=O)[C@H]3C[C@H]4C(=O)N[C@@H](CCCC[N+](C)(C)C)C(=O)N4[C@H]3c3cccc(OCCO)c3)cc2)[C@@]12C(=O)Nc1ccccc12. The Balaban J connectivity index is 0.926. The topological polar surface area (TPSA) is 199 Å². The molecule has 4 saturated heterocycles. The van der Waals surface area contributed by atoms with Crippen LogP contribution in [-0.2, 0) is 48.4 Å². The molecule has 0 radical (unpaired) electrons. The van der Waals surface area contributed by atoms with Gasteiger partial charge in [-0.2, -0.15) is 0 Å². The van der Waals surface area contributed by atoms with Crippen molar-refractivity contribution in [1.29, 1.82) is 0 Å². The van der Waals surface area contributed by atoms with Gasteiger partial charge < -0.3 is 48.8 Å². The lowest BCUT2D eigenvalue weighted by Gasteiger charge is -2.46. The first-order chi connectivity index (χ1) is 37.7. The standard InChI is InChI=1S/C61H65N5O12/c1-5-32-76-58(71)49-52-59(72)78-53(39-19-10-7-11-20-39)51(38-17-8-6-9-18-38)65(52)54(61(49)45-23-12-13-24-46(45)63-60(61)73)40-26-28-42(29-27-40)75-34-35-77-57(70)44-37-48-55(68)62-47(25-14-15-30-66(2,3)4)56(69)64(48)50(44)41-21-16-22-43(36-41)74-33-31-67/h5-13,16-24,26-29,36,44,47-54,67H,1,14-15,25,30-35,37H2,2-4H3,(H-,62,63,68,73)/p+1/t44-,47-,48-,49-,50-,51-,52-,53+,54+,61-/m0/s1. The normalized spacial score (nSPS) is 26.3. The van der Waals surface area contributed by atoms with Crippen LogP contribution in [-0.4, -0.2) is 134 Å². The van der Waals surface area contributed by atoms with E-state index >= 15 is 4.79 Å². The number of ether oxygens (including phenoxy) is 5. The molecule has 0 aliphatic carbocycles. The van der Waals surface area contributed by atoms with E-state index < -0.39 is 83.4 Å². The van der Waals surface area contributed by atoms with E-state index in [-0.39, 0.29) is 51.3 Å². The number of carbonyl (C=O) groups is 6. The lowest BCUT2D eigenvalue weighted by atomic mass is 9.65. The Bertz CT molecular complexity index is 3040. The number of cyclic esters (lactones) is 1. The number of aliphatic hydroxyl groups is 1. The van der Waals surface area contributed by atoms with Gasteiger partial charge in [0.15, 0.2) is 0 Å². The molecule has 10 rings (SSSR count). The number of quaternary nitrogens is 1. The number of para-hydroxylation sites is 1. The van der Waals surface area contributed by atoms with E-state index in [9.17, 15) is 29.1 Å². The van der Waals surface area contributed by atoms with Gasteiger partial charge in [0.2, 0.25) is 17.7 Å². The maximum atomic E-state index is 15.2. The van der Waals surface area contributed by atoms with Crippen LogP contribution in [0.5, 0.6) is 11.5 Å². The number of aliphatic hydroxyl groups excluding tert-OH is 1. The maximum absolute atomic E-state index is 15.2. The molecule has 0 unspecified atom stereocenters. The molecule has 5 aromatic carbocycles. The predicted molar refractivity (Wildman–Crippen MR) is 286 cm³/mol. The van der Waals surface area contributed by atoms with Crippen molar-refractivity contribution in [2.75, 3.05) is 66.0 Å². The van der Waals surface area contributed by atoms with Gasteiger partial charge in [-0.25, -0.2) is 0 Å². The average molecular weight is 1060 g/mol. The van der Waals surface area contributed by atoms with Crippen molar-refractivity contribution in [2.45, 2.75) is 73.5 Å². The first-order valence-corrected chi connectivity index (χ1v) is 26.7. The van der Waals surface area contributed by atoms with Gasteiger partial charge in [0.1, 0.15) is 73.5 Å². The average Bonchev–Trinajstić information content (AvgIpc) is 4.07. The zero-order chi connectivity index (χ0) is 54.7. The summed E-state index contributed by atoms with van der Waals surface area (Å²) in [7, 11) is 6.32. The first-order valence-electron chi connectivity index (χ1n) is 26.7. The van der Waals surface area contributed by atoms with Gasteiger partial charge >= 0.3 is 17.9 Å². The number of carbonyl (C=O) groups excluding carboxylic acids is 6. The van der Waals surface area contributed by atoms with Crippen LogP contribution in [0, 0.1) is 11.8 Å². The van der Waals surface area contributed by atoms with E-state index in [1.54, 1.807) is 59.5 Å². The van der Waals surface area contributed by atoms with E-state index in [1.165, 1.54) is 6.08 Å². The zero-order valence-electron chi connectivity index (χ0n) is 44.0. The number of morpholine rings is 1. The molecule has 17 heteroatoms. The summed E-state index contributed by atoms with van der Waals surface area (Å²) in [5.41, 5.74) is 2.06. The summed E-state index contributed by atoms with van der Waals surface area (Å²) in [4.78, 5) is 90.7. The van der Waals surface area contributed by atoms with Gasteiger partial charge in [0, 0.05) is 5.69 Å². The van der Waals surface area contributed by atoms with Crippen molar-refractivity contribution >= 4 is 41.3 Å². The smallest absolute Gasteiger partial charge is 0.325 e. The van der Waals surface area contributed by atoms with Crippen LogP contribution in [0.2, 0.25) is 0 Å². The minimum absolute atomic E-state index is 0.0458. The number of nitrogens with one attached hydrogen (secondary N) is 2. The highest BCUT2D eigenvalue weighted by Crippen LogP contribution is 2.65. The van der Waals surface area contributed by atoms with E-state index in [1.807, 2.05) is 83.8 Å². The number of esters is 3. The number of benzene rings is 5. The van der Waals surface area contributed by atoms with Crippen molar-refractivity contribution in [2.24, 2.45) is 11.8 Å². The molecule has 0 aromatic heterocycles. The van der Waals surface area contributed by atoms with Crippen LogP contribution in [0.25, 0.3) is 0 Å². The fraction of sp³-hybridized carbons (Fsp3) is 0.377. The van der Waals surface area contributed by atoms with Gasteiger partial charge in [0.25, 0.3) is 0 Å². The summed E-state index contributed by atoms with van der Waals surface area (Å²) in [6.07, 6.45) is 2.70. The lowest BCUT2D eigenvalue weighted by molar-refractivity contribution is -0.870. The van der Waals surface area contributed by atoms with Gasteiger partial charge in [-0.3, -0.25) is 33.7 Å². The Morgan fingerprint density at radius 3 is 2.15 bits per heavy atom. The Labute approximate surface area is 453 Å². The molecule has 17 nitrogen and oxygen atoms in total. The third-order valence-electron chi connectivity index (χ3n) is 15.7. The summed E-state index contributed by atoms with van der Waals surface area (Å²) in [6, 6.07) is 34.9. The van der Waals surface area contributed by atoms with Crippen LogP contribution in [0.15, 0.2) is 146 Å². The summed E-state index contributed by atoms with van der Waals surface area (Å²) in [6.45, 7) is 4.11. The van der Waals surface area contributed by atoms with Crippen LogP contribution in [0.3, 0.4) is 0 Å². The molecule has 5 heterocycles. The van der Waals surface area contributed by atoms with Crippen LogP contribution >= 0.6 is 0 Å². The molecule has 78 heavy (non-hydrogen) atoms. The van der Waals surface area contributed by atoms with E-state index in [4.69, 9.17) is 23.7 Å². The number of fused-ring (bicyclic) bond motifs is 4. The third kappa shape index (κ3) is 10.1. The molecule has 0 bridgehead atoms. The van der Waals surface area contributed by atoms with E-state index in [2.05, 4.69) is 38.4 Å². The number of piperazine rings is 1. The lowest BCUT2D eigenvalue weighted by Crippen LogP contribution is -2.61. The third-order valence-corrected chi connectivity index (χ3v) is 15.7. The number of hydrogen-bond acceptors (Lipinski definition) is 13. The Hall–Kier alpha value is -7.86. The molecule has 0 saturated carbocycles. The van der Waals surface area contributed by atoms with Crippen molar-refractivity contribution in [3.63, 3.8) is 0 Å². The molecule has 10 atom stereocenters. The monoisotopic (exact) mass is 1060 g/mol. The van der Waals surface area contributed by atoms with Gasteiger partial charge in [-0.1, -0.05) is 116 Å². The number of anilines is 1. The number of rotatable bonds is 20. The molecule has 406 valence electrons. The van der Waals surface area contributed by atoms with Crippen LogP contribution in [0.1, 0.15) is 77.7 Å². The highest BCUT2D eigenvalue weighted by molar-refractivity contribution is 6.11. The number of unbranched alkanes of at least 4 members (excludes halogenated alkanes) is 1. The summed E-state index contributed by atoms with van der Waals surface area (Å²) >= 11 is 0. The number of amides is 3. The highest BCUT2D eigenvalue weighted by atomic mass is 16.6. The molecule has 5 aromatic rings. The second kappa shape index (κ2) is 22.6. The number of hydrogen-bond donors (Lipinski definition) is 3. The molecule has 4 fully saturated rings. The molecule has 5 aliphatic heterocycles. The largest absolute Gasteiger partial charge is 0.491 e. The van der Waals surface area contributed by atoms with Crippen molar-refractivity contribution in [1.82, 2.24) is 15.1 Å². The van der Waals surface area contributed by atoms with Crippen LogP contribution in [0.4, 0.5) is 5.69 Å². The zero-order valence-corrected chi connectivity index (χ0v) is 44.0. The Kier molecular flexibility index (Phi) is 15.5. The second-order valence-corrected chi connectivity index (χ2v) is 21.5. The molecule has 5 aliphatic rings.